The number of methoxy groups -OCH3 is 1. The highest BCUT2D eigenvalue weighted by Gasteiger charge is 2.33. The Morgan fingerprint density at radius 3 is 2.21 bits per heavy atom. The van der Waals surface area contributed by atoms with Crippen molar-refractivity contribution in [2.24, 2.45) is 5.92 Å². The normalized spacial score (nSPS) is 12.0. The van der Waals surface area contributed by atoms with E-state index in [4.69, 9.17) is 4.74 Å². The van der Waals surface area contributed by atoms with Gasteiger partial charge in [0.25, 0.3) is 15.7 Å². The summed E-state index contributed by atoms with van der Waals surface area (Å²) in [6.45, 7) is 6.75. The molecule has 0 saturated carbocycles. The maximum atomic E-state index is 14.0. The van der Waals surface area contributed by atoms with E-state index in [0.29, 0.717) is 12.3 Å². The largest absolute Gasteiger partial charge is 0.497 e. The van der Waals surface area contributed by atoms with Gasteiger partial charge in [-0.15, -0.1) is 0 Å². The van der Waals surface area contributed by atoms with Crippen molar-refractivity contribution in [1.82, 2.24) is 10.2 Å². The molecule has 0 bridgehead atoms. The van der Waals surface area contributed by atoms with E-state index < -0.39 is 33.4 Å². The molecule has 2 amide bonds. The Labute approximate surface area is 260 Å². The van der Waals surface area contributed by atoms with Gasteiger partial charge < -0.3 is 15.0 Å². The van der Waals surface area contributed by atoms with Gasteiger partial charge in [-0.2, -0.15) is 0 Å². The number of sulfonamides is 1. The Bertz CT molecular complexity index is 1560. The number of hydrogen-bond donors (Lipinski definition) is 1. The second kappa shape index (κ2) is 14.5. The molecule has 13 heteroatoms. The summed E-state index contributed by atoms with van der Waals surface area (Å²) in [6.07, 6.45) is 0. The smallest absolute Gasteiger partial charge is 0.273 e. The zero-order chi connectivity index (χ0) is 31.9. The van der Waals surface area contributed by atoms with Crippen molar-refractivity contribution in [2.75, 3.05) is 24.5 Å². The maximum absolute atomic E-state index is 14.0. The zero-order valence-corrected chi connectivity index (χ0v) is 27.0. The Hall–Kier alpha value is -3.97. The predicted molar refractivity (Wildman–Crippen MR) is 167 cm³/mol. The minimum atomic E-state index is -4.49. The molecular formula is C30H35BrN4O7S. The van der Waals surface area contributed by atoms with Gasteiger partial charge >= 0.3 is 0 Å². The fraction of sp³-hybridized carbons (Fsp3) is 0.333. The van der Waals surface area contributed by atoms with Crippen LogP contribution in [0, 0.1) is 23.0 Å². The molecule has 11 nitrogen and oxygen atoms in total. The van der Waals surface area contributed by atoms with Crippen molar-refractivity contribution in [1.29, 1.82) is 0 Å². The summed E-state index contributed by atoms with van der Waals surface area (Å²) in [5.41, 5.74) is 0.790. The molecule has 0 aromatic heterocycles. The number of rotatable bonds is 13. The third kappa shape index (κ3) is 8.54. The Morgan fingerprint density at radius 2 is 1.65 bits per heavy atom. The first-order valence-corrected chi connectivity index (χ1v) is 15.7. The van der Waals surface area contributed by atoms with Crippen molar-refractivity contribution in [3.8, 4) is 5.75 Å². The van der Waals surface area contributed by atoms with Crippen molar-refractivity contribution in [3.63, 3.8) is 0 Å². The number of hydrogen-bond acceptors (Lipinski definition) is 7. The van der Waals surface area contributed by atoms with Crippen LogP contribution in [0.5, 0.6) is 5.75 Å². The van der Waals surface area contributed by atoms with E-state index in [2.05, 4.69) is 21.2 Å². The molecule has 0 heterocycles. The summed E-state index contributed by atoms with van der Waals surface area (Å²) < 4.78 is 35.0. The Morgan fingerprint density at radius 1 is 1.02 bits per heavy atom. The molecule has 3 aromatic carbocycles. The lowest BCUT2D eigenvalue weighted by atomic mass is 10.1. The van der Waals surface area contributed by atoms with Crippen LogP contribution >= 0.6 is 15.9 Å². The number of anilines is 1. The molecule has 230 valence electrons. The van der Waals surface area contributed by atoms with Gasteiger partial charge in [-0.05, 0) is 67.8 Å². The highest BCUT2D eigenvalue weighted by atomic mass is 79.9. The third-order valence-corrected chi connectivity index (χ3v) is 9.02. The molecule has 3 rings (SSSR count). The summed E-state index contributed by atoms with van der Waals surface area (Å²) in [5, 5.41) is 14.4. The molecule has 1 atom stereocenters. The topological polar surface area (TPSA) is 139 Å². The van der Waals surface area contributed by atoms with Crippen LogP contribution in [0.15, 0.2) is 76.1 Å². The van der Waals surface area contributed by atoms with Gasteiger partial charge in [0.2, 0.25) is 11.8 Å². The first-order chi connectivity index (χ1) is 20.2. The number of nitro groups is 1. The first-order valence-electron chi connectivity index (χ1n) is 13.5. The number of nitrogens with one attached hydrogen (secondary N) is 1. The average molecular weight is 676 g/mol. The number of halogens is 1. The second-order valence-corrected chi connectivity index (χ2v) is 13.2. The van der Waals surface area contributed by atoms with Crippen molar-refractivity contribution in [3.05, 3.63) is 92.4 Å². The number of aryl methyl sites for hydroxylation is 1. The number of carbonyl (C=O) groups excluding carboxylic acids is 2. The van der Waals surface area contributed by atoms with Crippen LogP contribution in [-0.4, -0.2) is 56.3 Å². The first kappa shape index (κ1) is 33.5. The maximum Gasteiger partial charge on any atom is 0.273 e. The fourth-order valence-electron chi connectivity index (χ4n) is 4.17. The van der Waals surface area contributed by atoms with Crippen molar-refractivity contribution in [2.45, 2.75) is 45.2 Å². The van der Waals surface area contributed by atoms with E-state index in [-0.39, 0.29) is 40.2 Å². The lowest BCUT2D eigenvalue weighted by molar-refractivity contribution is -0.385. The molecule has 0 aliphatic carbocycles. The number of nitro benzene ring substituents is 1. The van der Waals surface area contributed by atoms with Gasteiger partial charge in [0.15, 0.2) is 0 Å². The van der Waals surface area contributed by atoms with Gasteiger partial charge in [0, 0.05) is 29.2 Å². The van der Waals surface area contributed by atoms with Crippen molar-refractivity contribution >= 4 is 49.1 Å². The summed E-state index contributed by atoms with van der Waals surface area (Å²) in [5.74, 6) is -0.380. The zero-order valence-electron chi connectivity index (χ0n) is 24.6. The third-order valence-electron chi connectivity index (χ3n) is 6.72. The van der Waals surface area contributed by atoms with Crippen molar-refractivity contribution < 1.29 is 27.7 Å². The predicted octanol–water partition coefficient (Wildman–Crippen LogP) is 5.06. The number of nitrogens with zero attached hydrogens (tertiary/aromatic N) is 3. The molecule has 1 N–H and O–H groups in total. The molecule has 0 spiro atoms. The average Bonchev–Trinajstić information content (AvgIpc) is 2.97. The lowest BCUT2D eigenvalue weighted by Gasteiger charge is -2.32. The summed E-state index contributed by atoms with van der Waals surface area (Å²) in [7, 11) is -3.02. The Balaban J connectivity index is 2.07. The van der Waals surface area contributed by atoms with Crippen LogP contribution in [0.2, 0.25) is 0 Å². The molecule has 1 unspecified atom stereocenters. The lowest BCUT2D eigenvalue weighted by Crippen LogP contribution is -2.51. The minimum absolute atomic E-state index is 0.0366. The fourth-order valence-corrected chi connectivity index (χ4v) is 5.87. The second-order valence-electron chi connectivity index (χ2n) is 10.4. The van der Waals surface area contributed by atoms with Gasteiger partial charge in [0.1, 0.15) is 18.3 Å². The van der Waals surface area contributed by atoms with Gasteiger partial charge in [-0.3, -0.25) is 24.0 Å². The molecule has 0 radical (unpaired) electrons. The minimum Gasteiger partial charge on any atom is -0.497 e. The van der Waals surface area contributed by atoms with E-state index in [9.17, 15) is 28.1 Å². The highest BCUT2D eigenvalue weighted by molar-refractivity contribution is 9.10. The standard InChI is InChI=1S/C30H35BrN4O7S/c1-20(2)17-32-30(37)22(4)33(18-23-7-9-24(31)10-8-23)29(36)19-34(25-11-13-26(42-5)14-12-25)43(40,41)27-15-6-21(3)28(16-27)35(38)39/h6-16,20,22H,17-19H2,1-5H3,(H,32,37). The molecule has 0 saturated heterocycles. The van der Waals surface area contributed by atoms with E-state index in [1.54, 1.807) is 43.3 Å². The molecule has 0 aliphatic heterocycles. The SMILES string of the molecule is COc1ccc(N(CC(=O)N(Cc2ccc(Br)cc2)C(C)C(=O)NCC(C)C)S(=O)(=O)c2ccc(C)c([N+](=O)[O-])c2)cc1. The number of carbonyl (C=O) groups is 2. The summed E-state index contributed by atoms with van der Waals surface area (Å²) >= 11 is 3.39. The van der Waals surface area contributed by atoms with Crippen LogP contribution in [0.1, 0.15) is 31.9 Å². The molecule has 3 aromatic rings. The van der Waals surface area contributed by atoms with Crippen LogP contribution in [-0.2, 0) is 26.2 Å². The molecule has 0 fully saturated rings. The van der Waals surface area contributed by atoms with Gasteiger partial charge in [0.05, 0.1) is 22.6 Å². The Kier molecular flexibility index (Phi) is 11.3. The van der Waals surface area contributed by atoms with Crippen LogP contribution in [0.25, 0.3) is 0 Å². The van der Waals surface area contributed by atoms with E-state index in [1.807, 2.05) is 13.8 Å². The van der Waals surface area contributed by atoms with Crippen LogP contribution in [0.4, 0.5) is 11.4 Å². The molecular weight excluding hydrogens is 640 g/mol. The summed E-state index contributed by atoms with van der Waals surface area (Å²) in [6, 6.07) is 15.9. The van der Waals surface area contributed by atoms with E-state index in [0.717, 1.165) is 20.4 Å². The highest BCUT2D eigenvalue weighted by Crippen LogP contribution is 2.29. The number of ether oxygens (including phenoxy) is 1. The van der Waals surface area contributed by atoms with E-state index >= 15 is 0 Å². The molecule has 43 heavy (non-hydrogen) atoms. The van der Waals surface area contributed by atoms with Gasteiger partial charge in [-0.25, -0.2) is 8.42 Å². The number of amides is 2. The molecule has 0 aliphatic rings. The van der Waals surface area contributed by atoms with Crippen LogP contribution < -0.4 is 14.4 Å². The number of benzene rings is 3. The monoisotopic (exact) mass is 674 g/mol. The quantitative estimate of drug-likeness (QED) is 0.197. The van der Waals surface area contributed by atoms with Gasteiger partial charge in [-0.1, -0.05) is 48.0 Å². The van der Waals surface area contributed by atoms with E-state index in [1.165, 1.54) is 43.2 Å². The van der Waals surface area contributed by atoms with Crippen LogP contribution in [0.3, 0.4) is 0 Å². The summed E-state index contributed by atoms with van der Waals surface area (Å²) in [4.78, 5) is 39.0.